The molecule has 2 aromatic rings. The molecule has 3 atom stereocenters. The summed E-state index contributed by atoms with van der Waals surface area (Å²) < 4.78 is 12.1. The minimum atomic E-state index is 0.0816. The van der Waals surface area contributed by atoms with Crippen LogP contribution in [0.1, 0.15) is 24.2 Å². The molecule has 5 heteroatoms. The van der Waals surface area contributed by atoms with Crippen LogP contribution < -0.4 is 4.74 Å². The number of hydrogen-bond acceptors (Lipinski definition) is 5. The van der Waals surface area contributed by atoms with Crippen molar-refractivity contribution in [2.75, 3.05) is 13.2 Å². The fourth-order valence-corrected chi connectivity index (χ4v) is 3.78. The van der Waals surface area contributed by atoms with E-state index in [4.69, 9.17) is 9.47 Å². The molecule has 1 saturated carbocycles. The number of nitrogens with zero attached hydrogens (tertiary/aromatic N) is 3. The zero-order valence-electron chi connectivity index (χ0n) is 14.0. The maximum absolute atomic E-state index is 6.08. The minimum Gasteiger partial charge on any atom is -0.472 e. The third-order valence-corrected chi connectivity index (χ3v) is 4.87. The smallest absolute Gasteiger partial charge is 0.213 e. The quantitative estimate of drug-likeness (QED) is 0.865. The number of aromatic nitrogens is 2. The SMILES string of the molecule is Cc1cccc(CN2CCO[C@H]3[C@@H](Oc4ccccn4)CC[C@@H]32)n1. The molecule has 126 valence electrons. The summed E-state index contributed by atoms with van der Waals surface area (Å²) in [7, 11) is 0. The van der Waals surface area contributed by atoms with Gasteiger partial charge in [-0.1, -0.05) is 12.1 Å². The van der Waals surface area contributed by atoms with Crippen molar-refractivity contribution in [3.8, 4) is 5.88 Å². The maximum atomic E-state index is 6.08. The number of fused-ring (bicyclic) bond motifs is 1. The van der Waals surface area contributed by atoms with Crippen LogP contribution in [0, 0.1) is 6.92 Å². The molecule has 2 aromatic heterocycles. The van der Waals surface area contributed by atoms with Crippen molar-refractivity contribution in [3.05, 3.63) is 54.0 Å². The van der Waals surface area contributed by atoms with E-state index in [9.17, 15) is 0 Å². The van der Waals surface area contributed by atoms with Crippen LogP contribution in [0.4, 0.5) is 0 Å². The molecule has 2 aliphatic rings. The number of morpholine rings is 1. The second-order valence-electron chi connectivity index (χ2n) is 6.55. The Morgan fingerprint density at radius 3 is 3.00 bits per heavy atom. The maximum Gasteiger partial charge on any atom is 0.213 e. The Labute approximate surface area is 142 Å². The first kappa shape index (κ1) is 15.5. The van der Waals surface area contributed by atoms with Gasteiger partial charge in [-0.25, -0.2) is 4.98 Å². The molecule has 5 nitrogen and oxygen atoms in total. The summed E-state index contributed by atoms with van der Waals surface area (Å²) >= 11 is 0. The lowest BCUT2D eigenvalue weighted by atomic mass is 10.1. The second kappa shape index (κ2) is 6.87. The van der Waals surface area contributed by atoms with Gasteiger partial charge in [-0.15, -0.1) is 0 Å². The Balaban J connectivity index is 1.44. The molecule has 3 heterocycles. The summed E-state index contributed by atoms with van der Waals surface area (Å²) in [6.07, 6.45) is 4.06. The molecule has 1 aliphatic carbocycles. The van der Waals surface area contributed by atoms with Gasteiger partial charge in [0.1, 0.15) is 12.2 Å². The van der Waals surface area contributed by atoms with Crippen molar-refractivity contribution in [2.24, 2.45) is 0 Å². The number of aryl methyl sites for hydroxylation is 1. The Kier molecular flexibility index (Phi) is 4.45. The molecule has 0 unspecified atom stereocenters. The predicted molar refractivity (Wildman–Crippen MR) is 90.8 cm³/mol. The molecular formula is C19H23N3O2. The lowest BCUT2D eigenvalue weighted by Gasteiger charge is -2.38. The van der Waals surface area contributed by atoms with Crippen LogP contribution in [-0.4, -0.2) is 46.3 Å². The van der Waals surface area contributed by atoms with Gasteiger partial charge in [-0.05, 0) is 38.0 Å². The molecule has 4 rings (SSSR count). The van der Waals surface area contributed by atoms with E-state index in [0.717, 1.165) is 43.9 Å². The molecule has 0 aromatic carbocycles. The molecule has 24 heavy (non-hydrogen) atoms. The first-order valence-corrected chi connectivity index (χ1v) is 8.65. The largest absolute Gasteiger partial charge is 0.472 e. The molecule has 2 fully saturated rings. The van der Waals surface area contributed by atoms with Gasteiger partial charge < -0.3 is 9.47 Å². The van der Waals surface area contributed by atoms with Gasteiger partial charge in [-0.3, -0.25) is 9.88 Å². The highest BCUT2D eigenvalue weighted by molar-refractivity contribution is 5.13. The topological polar surface area (TPSA) is 47.5 Å². The van der Waals surface area contributed by atoms with E-state index in [2.05, 4.69) is 27.0 Å². The van der Waals surface area contributed by atoms with E-state index in [-0.39, 0.29) is 12.2 Å². The van der Waals surface area contributed by atoms with Crippen molar-refractivity contribution in [1.29, 1.82) is 0 Å². The van der Waals surface area contributed by atoms with Gasteiger partial charge in [0.15, 0.2) is 0 Å². The Morgan fingerprint density at radius 1 is 1.21 bits per heavy atom. The average molecular weight is 325 g/mol. The third kappa shape index (κ3) is 3.28. The van der Waals surface area contributed by atoms with Crippen molar-refractivity contribution < 1.29 is 9.47 Å². The van der Waals surface area contributed by atoms with E-state index >= 15 is 0 Å². The van der Waals surface area contributed by atoms with Crippen molar-refractivity contribution in [1.82, 2.24) is 14.9 Å². The summed E-state index contributed by atoms with van der Waals surface area (Å²) in [6.45, 7) is 4.61. The van der Waals surface area contributed by atoms with E-state index < -0.39 is 0 Å². The third-order valence-electron chi connectivity index (χ3n) is 4.87. The van der Waals surface area contributed by atoms with Gasteiger partial charge in [0.05, 0.1) is 12.3 Å². The molecule has 1 aliphatic heterocycles. The van der Waals surface area contributed by atoms with Crippen LogP contribution in [0.3, 0.4) is 0 Å². The number of rotatable bonds is 4. The summed E-state index contributed by atoms with van der Waals surface area (Å²) in [5, 5.41) is 0. The van der Waals surface area contributed by atoms with Crippen LogP contribution in [-0.2, 0) is 11.3 Å². The van der Waals surface area contributed by atoms with Gasteiger partial charge >= 0.3 is 0 Å². The molecule has 0 radical (unpaired) electrons. The molecule has 1 saturated heterocycles. The van der Waals surface area contributed by atoms with Crippen molar-refractivity contribution >= 4 is 0 Å². The second-order valence-corrected chi connectivity index (χ2v) is 6.55. The van der Waals surface area contributed by atoms with E-state index in [1.165, 1.54) is 0 Å². The number of ether oxygens (including phenoxy) is 2. The summed E-state index contributed by atoms with van der Waals surface area (Å²) in [5.74, 6) is 0.684. The monoisotopic (exact) mass is 325 g/mol. The van der Waals surface area contributed by atoms with Crippen LogP contribution in [0.5, 0.6) is 5.88 Å². The summed E-state index contributed by atoms with van der Waals surface area (Å²) in [5.41, 5.74) is 2.20. The highest BCUT2D eigenvalue weighted by atomic mass is 16.5. The summed E-state index contributed by atoms with van der Waals surface area (Å²) in [6, 6.07) is 12.4. The zero-order valence-corrected chi connectivity index (χ0v) is 14.0. The normalized spacial score (nSPS) is 27.0. The lowest BCUT2D eigenvalue weighted by Crippen LogP contribution is -2.51. The fourth-order valence-electron chi connectivity index (χ4n) is 3.78. The molecule has 0 spiro atoms. The average Bonchev–Trinajstić information content (AvgIpc) is 3.00. The standard InChI is InChI=1S/C19H23N3O2/c1-14-5-4-6-15(21-14)13-22-11-12-23-19-16(22)8-9-17(19)24-18-7-2-3-10-20-18/h2-7,10,16-17,19H,8-9,11-13H2,1H3/t16-,17-,19+/m0/s1. The number of pyridine rings is 2. The first-order valence-electron chi connectivity index (χ1n) is 8.65. The van der Waals surface area contributed by atoms with Crippen LogP contribution in [0.2, 0.25) is 0 Å². The zero-order chi connectivity index (χ0) is 16.4. The van der Waals surface area contributed by atoms with Gasteiger partial charge in [-0.2, -0.15) is 0 Å². The van der Waals surface area contributed by atoms with Crippen molar-refractivity contribution in [3.63, 3.8) is 0 Å². The highest BCUT2D eigenvalue weighted by Crippen LogP contribution is 2.33. The van der Waals surface area contributed by atoms with E-state index in [1.54, 1.807) is 6.20 Å². The Morgan fingerprint density at radius 2 is 2.17 bits per heavy atom. The highest BCUT2D eigenvalue weighted by Gasteiger charge is 2.44. The van der Waals surface area contributed by atoms with Gasteiger partial charge in [0.2, 0.25) is 5.88 Å². The summed E-state index contributed by atoms with van der Waals surface area (Å²) in [4.78, 5) is 11.4. The van der Waals surface area contributed by atoms with Crippen LogP contribution in [0.25, 0.3) is 0 Å². The molecule has 0 bridgehead atoms. The lowest BCUT2D eigenvalue weighted by molar-refractivity contribution is -0.0925. The van der Waals surface area contributed by atoms with E-state index in [0.29, 0.717) is 11.9 Å². The fraction of sp³-hybridized carbons (Fsp3) is 0.474. The van der Waals surface area contributed by atoms with Gasteiger partial charge in [0, 0.05) is 37.1 Å². The van der Waals surface area contributed by atoms with Gasteiger partial charge in [0.25, 0.3) is 0 Å². The predicted octanol–water partition coefficient (Wildman–Crippen LogP) is 2.60. The Hall–Kier alpha value is -1.98. The molecule has 0 N–H and O–H groups in total. The van der Waals surface area contributed by atoms with E-state index in [1.807, 2.05) is 31.2 Å². The van der Waals surface area contributed by atoms with Crippen LogP contribution in [0.15, 0.2) is 42.6 Å². The van der Waals surface area contributed by atoms with Crippen LogP contribution >= 0.6 is 0 Å². The first-order chi connectivity index (χ1) is 11.8. The number of hydrogen-bond donors (Lipinski definition) is 0. The molecule has 0 amide bonds. The van der Waals surface area contributed by atoms with Crippen molar-refractivity contribution in [2.45, 2.75) is 44.6 Å². The molecular weight excluding hydrogens is 302 g/mol. The Bertz CT molecular complexity index is 679. The minimum absolute atomic E-state index is 0.0816.